The van der Waals surface area contributed by atoms with Crippen molar-refractivity contribution >= 4 is 5.91 Å². The van der Waals surface area contributed by atoms with Crippen LogP contribution in [0.3, 0.4) is 0 Å². The molecule has 1 saturated carbocycles. The minimum absolute atomic E-state index is 0.0165. The molecular weight excluding hydrogens is 320 g/mol. The van der Waals surface area contributed by atoms with E-state index in [1.807, 2.05) is 13.8 Å². The van der Waals surface area contributed by atoms with Gasteiger partial charge in [-0.1, -0.05) is 18.0 Å². The third-order valence-corrected chi connectivity index (χ3v) is 4.92. The number of aromatic nitrogens is 1. The van der Waals surface area contributed by atoms with Crippen LogP contribution in [0.1, 0.15) is 53.1 Å². The molecule has 0 saturated heterocycles. The van der Waals surface area contributed by atoms with E-state index in [4.69, 9.17) is 9.26 Å². The molecule has 0 bridgehead atoms. The van der Waals surface area contributed by atoms with Crippen LogP contribution in [0, 0.1) is 13.8 Å². The molecule has 134 valence electrons. The Balaban J connectivity index is 1.61. The fraction of sp³-hybridized carbons (Fsp3) is 0.474. The largest absolute Gasteiger partial charge is 0.489 e. The maximum absolute atomic E-state index is 12.4. The van der Waals surface area contributed by atoms with Gasteiger partial charge in [0.05, 0.1) is 23.4 Å². The van der Waals surface area contributed by atoms with Gasteiger partial charge in [0.1, 0.15) is 18.1 Å². The molecule has 25 heavy (non-hydrogen) atoms. The molecular formula is C19H24N2O4. The number of carbonyl (C=O) groups excluding carboxylic acids is 1. The number of hydrogen-bond donors (Lipinski definition) is 2. The van der Waals surface area contributed by atoms with E-state index in [0.717, 1.165) is 42.7 Å². The molecule has 2 aromatic rings. The summed E-state index contributed by atoms with van der Waals surface area (Å²) in [4.78, 5) is 12.4. The van der Waals surface area contributed by atoms with Crippen LogP contribution in [-0.2, 0) is 6.61 Å². The molecule has 0 atom stereocenters. The molecule has 3 rings (SSSR count). The normalized spacial score (nSPS) is 16.0. The Hall–Kier alpha value is -2.34. The zero-order valence-electron chi connectivity index (χ0n) is 14.7. The van der Waals surface area contributed by atoms with Crippen LogP contribution in [0.5, 0.6) is 5.75 Å². The Morgan fingerprint density at radius 2 is 1.96 bits per heavy atom. The lowest BCUT2D eigenvalue weighted by molar-refractivity contribution is 0.0838. The number of amides is 1. The first-order valence-electron chi connectivity index (χ1n) is 8.61. The number of aryl methyl sites for hydroxylation is 2. The SMILES string of the molecule is Cc1noc(C)c1COc1ccc(C(=O)NC2(CO)CCCC2)cc1. The predicted octanol–water partition coefficient (Wildman–Crippen LogP) is 2.91. The third-order valence-electron chi connectivity index (χ3n) is 4.92. The van der Waals surface area contributed by atoms with E-state index in [-0.39, 0.29) is 12.5 Å². The summed E-state index contributed by atoms with van der Waals surface area (Å²) in [7, 11) is 0. The number of benzene rings is 1. The lowest BCUT2D eigenvalue weighted by Crippen LogP contribution is -2.49. The standard InChI is InChI=1S/C19H24N2O4/c1-13-17(14(2)25-21-13)11-24-16-7-5-15(6-8-16)18(23)20-19(12-22)9-3-4-10-19/h5-8,22H,3-4,9-12H2,1-2H3,(H,20,23). The molecule has 0 unspecified atom stereocenters. The summed E-state index contributed by atoms with van der Waals surface area (Å²) < 4.78 is 10.9. The molecule has 2 N–H and O–H groups in total. The van der Waals surface area contributed by atoms with Crippen molar-refractivity contribution in [3.05, 3.63) is 46.8 Å². The lowest BCUT2D eigenvalue weighted by Gasteiger charge is -2.28. The molecule has 0 spiro atoms. The number of aliphatic hydroxyl groups is 1. The van der Waals surface area contributed by atoms with E-state index in [1.165, 1.54) is 0 Å². The van der Waals surface area contributed by atoms with Crippen LogP contribution in [0.4, 0.5) is 0 Å². The summed E-state index contributed by atoms with van der Waals surface area (Å²) in [6.07, 6.45) is 3.73. The van der Waals surface area contributed by atoms with E-state index < -0.39 is 5.54 Å². The number of rotatable bonds is 6. The van der Waals surface area contributed by atoms with Gasteiger partial charge in [-0.3, -0.25) is 4.79 Å². The second-order valence-electron chi connectivity index (χ2n) is 6.72. The Labute approximate surface area is 147 Å². The number of aliphatic hydroxyl groups excluding tert-OH is 1. The van der Waals surface area contributed by atoms with Crippen LogP contribution in [0.15, 0.2) is 28.8 Å². The first-order chi connectivity index (χ1) is 12.0. The molecule has 1 aliphatic carbocycles. The van der Waals surface area contributed by atoms with Crippen molar-refractivity contribution in [2.75, 3.05) is 6.61 Å². The van der Waals surface area contributed by atoms with E-state index in [2.05, 4.69) is 10.5 Å². The summed E-state index contributed by atoms with van der Waals surface area (Å²) in [6, 6.07) is 7.01. The molecule has 0 aliphatic heterocycles. The highest BCUT2D eigenvalue weighted by atomic mass is 16.5. The monoisotopic (exact) mass is 344 g/mol. The van der Waals surface area contributed by atoms with Gasteiger partial charge in [-0.25, -0.2) is 0 Å². The summed E-state index contributed by atoms with van der Waals surface area (Å²) in [5.41, 5.74) is 1.85. The fourth-order valence-corrected chi connectivity index (χ4v) is 3.25. The van der Waals surface area contributed by atoms with Gasteiger partial charge < -0.3 is 19.7 Å². The smallest absolute Gasteiger partial charge is 0.251 e. The second kappa shape index (κ2) is 7.27. The van der Waals surface area contributed by atoms with Gasteiger partial charge in [-0.15, -0.1) is 0 Å². The van der Waals surface area contributed by atoms with Crippen LogP contribution >= 0.6 is 0 Å². The minimum Gasteiger partial charge on any atom is -0.489 e. The quantitative estimate of drug-likeness (QED) is 0.842. The maximum atomic E-state index is 12.4. The minimum atomic E-state index is -0.463. The number of nitrogens with one attached hydrogen (secondary N) is 1. The molecule has 1 fully saturated rings. The molecule has 1 aromatic carbocycles. The van der Waals surface area contributed by atoms with Crippen LogP contribution < -0.4 is 10.1 Å². The Morgan fingerprint density at radius 1 is 1.28 bits per heavy atom. The molecule has 1 amide bonds. The average molecular weight is 344 g/mol. The van der Waals surface area contributed by atoms with Crippen molar-refractivity contribution in [1.29, 1.82) is 0 Å². The van der Waals surface area contributed by atoms with Gasteiger partial charge in [-0.2, -0.15) is 0 Å². The predicted molar refractivity (Wildman–Crippen MR) is 92.5 cm³/mol. The zero-order valence-corrected chi connectivity index (χ0v) is 14.7. The Kier molecular flexibility index (Phi) is 5.08. The van der Waals surface area contributed by atoms with Crippen molar-refractivity contribution in [3.8, 4) is 5.75 Å². The van der Waals surface area contributed by atoms with Gasteiger partial charge in [0, 0.05) is 5.56 Å². The highest BCUT2D eigenvalue weighted by Crippen LogP contribution is 2.29. The van der Waals surface area contributed by atoms with Gasteiger partial charge >= 0.3 is 0 Å². The van der Waals surface area contributed by atoms with E-state index in [1.54, 1.807) is 24.3 Å². The molecule has 1 aliphatic rings. The number of nitrogens with zero attached hydrogens (tertiary/aromatic N) is 1. The Morgan fingerprint density at radius 3 is 2.52 bits per heavy atom. The van der Waals surface area contributed by atoms with Gasteiger partial charge in [0.25, 0.3) is 5.91 Å². The van der Waals surface area contributed by atoms with E-state index in [0.29, 0.717) is 17.9 Å². The average Bonchev–Trinajstić information content (AvgIpc) is 3.21. The topological polar surface area (TPSA) is 84.6 Å². The highest BCUT2D eigenvalue weighted by molar-refractivity contribution is 5.94. The fourth-order valence-electron chi connectivity index (χ4n) is 3.25. The number of hydrogen-bond acceptors (Lipinski definition) is 5. The van der Waals surface area contributed by atoms with Crippen molar-refractivity contribution < 1.29 is 19.2 Å². The van der Waals surface area contributed by atoms with Crippen LogP contribution in [-0.4, -0.2) is 28.3 Å². The second-order valence-corrected chi connectivity index (χ2v) is 6.72. The molecule has 0 radical (unpaired) electrons. The summed E-state index contributed by atoms with van der Waals surface area (Å²) in [6.45, 7) is 4.09. The van der Waals surface area contributed by atoms with Crippen LogP contribution in [0.2, 0.25) is 0 Å². The molecule has 1 aromatic heterocycles. The number of carbonyl (C=O) groups is 1. The van der Waals surface area contributed by atoms with Crippen molar-refractivity contribution in [3.63, 3.8) is 0 Å². The molecule has 6 nitrogen and oxygen atoms in total. The highest BCUT2D eigenvalue weighted by Gasteiger charge is 2.34. The maximum Gasteiger partial charge on any atom is 0.251 e. The summed E-state index contributed by atoms with van der Waals surface area (Å²) in [5, 5.41) is 16.5. The van der Waals surface area contributed by atoms with Crippen molar-refractivity contribution in [2.45, 2.75) is 51.7 Å². The van der Waals surface area contributed by atoms with Gasteiger partial charge in [-0.05, 0) is 51.0 Å². The van der Waals surface area contributed by atoms with Crippen molar-refractivity contribution in [1.82, 2.24) is 10.5 Å². The molecule has 1 heterocycles. The first kappa shape index (κ1) is 17.5. The van der Waals surface area contributed by atoms with E-state index in [9.17, 15) is 9.90 Å². The summed E-state index contributed by atoms with van der Waals surface area (Å²) in [5.74, 6) is 1.27. The third kappa shape index (κ3) is 3.85. The Bertz CT molecular complexity index is 711. The van der Waals surface area contributed by atoms with Crippen LogP contribution in [0.25, 0.3) is 0 Å². The zero-order chi connectivity index (χ0) is 17.9. The number of ether oxygens (including phenoxy) is 1. The summed E-state index contributed by atoms with van der Waals surface area (Å²) >= 11 is 0. The van der Waals surface area contributed by atoms with Gasteiger partial charge in [0.15, 0.2) is 0 Å². The van der Waals surface area contributed by atoms with Gasteiger partial charge in [0.2, 0.25) is 0 Å². The first-order valence-corrected chi connectivity index (χ1v) is 8.61. The van der Waals surface area contributed by atoms with Crippen molar-refractivity contribution in [2.24, 2.45) is 0 Å². The lowest BCUT2D eigenvalue weighted by atomic mass is 9.98. The molecule has 6 heteroatoms. The van der Waals surface area contributed by atoms with E-state index >= 15 is 0 Å².